The molecule has 1 saturated carbocycles. The molecule has 1 aliphatic carbocycles. The van der Waals surface area contributed by atoms with Crippen LogP contribution < -0.4 is 11.1 Å². The van der Waals surface area contributed by atoms with Crippen molar-refractivity contribution < 1.29 is 4.79 Å². The summed E-state index contributed by atoms with van der Waals surface area (Å²) in [6.07, 6.45) is 2.69. The molecule has 2 atom stereocenters. The zero-order chi connectivity index (χ0) is 12.4. The van der Waals surface area contributed by atoms with E-state index in [1.807, 2.05) is 19.1 Å². The van der Waals surface area contributed by atoms with Crippen molar-refractivity contribution in [2.75, 3.05) is 5.32 Å². The summed E-state index contributed by atoms with van der Waals surface area (Å²) in [4.78, 5) is 12.0. The maximum Gasteiger partial charge on any atom is 0.227 e. The molecular formula is C14H21ClN2O. The molecule has 1 aliphatic rings. The van der Waals surface area contributed by atoms with Gasteiger partial charge in [-0.1, -0.05) is 17.7 Å². The molecule has 2 unspecified atom stereocenters. The third kappa shape index (κ3) is 3.47. The number of halogens is 1. The van der Waals surface area contributed by atoms with Gasteiger partial charge in [0.15, 0.2) is 0 Å². The van der Waals surface area contributed by atoms with Gasteiger partial charge in [-0.05, 0) is 44.7 Å². The third-order valence-electron chi connectivity index (χ3n) is 3.48. The fourth-order valence-corrected chi connectivity index (χ4v) is 2.44. The lowest BCUT2D eigenvalue weighted by Crippen LogP contribution is -2.23. The molecule has 3 N–H and O–H groups in total. The minimum atomic E-state index is 0. The van der Waals surface area contributed by atoms with Crippen molar-refractivity contribution in [1.82, 2.24) is 0 Å². The molecule has 1 aromatic carbocycles. The Morgan fingerprint density at radius 1 is 1.33 bits per heavy atom. The Balaban J connectivity index is 0.00000162. The Bertz CT molecular complexity index is 434. The van der Waals surface area contributed by atoms with Crippen molar-refractivity contribution in [3.8, 4) is 0 Å². The van der Waals surface area contributed by atoms with Gasteiger partial charge in [0, 0.05) is 17.6 Å². The van der Waals surface area contributed by atoms with Crippen LogP contribution in [-0.2, 0) is 4.79 Å². The number of nitrogens with two attached hydrogens (primary N) is 1. The molecule has 0 aliphatic heterocycles. The van der Waals surface area contributed by atoms with Crippen LogP contribution in [0.3, 0.4) is 0 Å². The second-order valence-electron chi connectivity index (χ2n) is 5.08. The highest BCUT2D eigenvalue weighted by atomic mass is 35.5. The SMILES string of the molecule is Cc1ccc(NC(=O)C2CCC(N)C2)c(C)c1.Cl. The number of hydrogen-bond donors (Lipinski definition) is 2. The van der Waals surface area contributed by atoms with E-state index >= 15 is 0 Å². The Morgan fingerprint density at radius 2 is 2.06 bits per heavy atom. The fourth-order valence-electron chi connectivity index (χ4n) is 2.44. The summed E-state index contributed by atoms with van der Waals surface area (Å²) in [6.45, 7) is 4.07. The zero-order valence-electron chi connectivity index (χ0n) is 10.9. The predicted octanol–water partition coefficient (Wildman–Crippen LogP) is 2.79. The van der Waals surface area contributed by atoms with Crippen molar-refractivity contribution in [1.29, 1.82) is 0 Å². The van der Waals surface area contributed by atoms with E-state index in [9.17, 15) is 4.79 Å². The van der Waals surface area contributed by atoms with Crippen LogP contribution in [0.15, 0.2) is 18.2 Å². The van der Waals surface area contributed by atoms with E-state index in [4.69, 9.17) is 5.73 Å². The maximum atomic E-state index is 12.0. The Hall–Kier alpha value is -1.06. The number of hydrogen-bond acceptors (Lipinski definition) is 2. The van der Waals surface area contributed by atoms with Gasteiger partial charge in [0.05, 0.1) is 0 Å². The number of carbonyl (C=O) groups is 1. The van der Waals surface area contributed by atoms with Crippen LogP contribution >= 0.6 is 12.4 Å². The number of nitrogens with one attached hydrogen (secondary N) is 1. The van der Waals surface area contributed by atoms with Crippen LogP contribution in [0.25, 0.3) is 0 Å². The Labute approximate surface area is 115 Å². The van der Waals surface area contributed by atoms with E-state index in [2.05, 4.69) is 18.3 Å². The number of aryl methyl sites for hydroxylation is 2. The molecular weight excluding hydrogens is 248 g/mol. The highest BCUT2D eigenvalue weighted by Crippen LogP contribution is 2.26. The standard InChI is InChI=1S/C14H20N2O.ClH/c1-9-3-6-13(10(2)7-9)16-14(17)11-4-5-12(15)8-11;/h3,6-7,11-12H,4-5,8,15H2,1-2H3,(H,16,17);1H. The smallest absolute Gasteiger partial charge is 0.227 e. The van der Waals surface area contributed by atoms with Crippen molar-refractivity contribution in [3.05, 3.63) is 29.3 Å². The summed E-state index contributed by atoms with van der Waals surface area (Å²) in [5, 5.41) is 3.01. The minimum absolute atomic E-state index is 0. The summed E-state index contributed by atoms with van der Waals surface area (Å²) in [5.74, 6) is 0.204. The first-order valence-corrected chi connectivity index (χ1v) is 6.20. The zero-order valence-corrected chi connectivity index (χ0v) is 11.7. The summed E-state index contributed by atoms with van der Waals surface area (Å²) in [5.41, 5.74) is 9.07. The number of rotatable bonds is 2. The van der Waals surface area contributed by atoms with Crippen LogP contribution in [0.2, 0.25) is 0 Å². The highest BCUT2D eigenvalue weighted by Gasteiger charge is 2.27. The molecule has 2 rings (SSSR count). The second-order valence-corrected chi connectivity index (χ2v) is 5.08. The lowest BCUT2D eigenvalue weighted by molar-refractivity contribution is -0.119. The van der Waals surface area contributed by atoms with Crippen LogP contribution in [-0.4, -0.2) is 11.9 Å². The van der Waals surface area contributed by atoms with E-state index in [1.54, 1.807) is 0 Å². The molecule has 0 aromatic heterocycles. The molecule has 0 heterocycles. The summed E-state index contributed by atoms with van der Waals surface area (Å²) in [7, 11) is 0. The van der Waals surface area contributed by atoms with Crippen LogP contribution in [0, 0.1) is 19.8 Å². The van der Waals surface area contributed by atoms with E-state index in [-0.39, 0.29) is 30.3 Å². The predicted molar refractivity (Wildman–Crippen MR) is 77.1 cm³/mol. The van der Waals surface area contributed by atoms with Crippen LogP contribution in [0.1, 0.15) is 30.4 Å². The molecule has 18 heavy (non-hydrogen) atoms. The van der Waals surface area contributed by atoms with E-state index < -0.39 is 0 Å². The van der Waals surface area contributed by atoms with Gasteiger partial charge in [-0.2, -0.15) is 0 Å². The number of benzene rings is 1. The molecule has 0 bridgehead atoms. The average molecular weight is 269 g/mol. The van der Waals surface area contributed by atoms with E-state index in [0.29, 0.717) is 0 Å². The molecule has 100 valence electrons. The quantitative estimate of drug-likeness (QED) is 0.867. The molecule has 0 spiro atoms. The van der Waals surface area contributed by atoms with Crippen molar-refractivity contribution in [2.24, 2.45) is 11.7 Å². The average Bonchev–Trinajstić information content (AvgIpc) is 2.69. The van der Waals surface area contributed by atoms with Gasteiger partial charge in [-0.25, -0.2) is 0 Å². The number of carbonyl (C=O) groups excluding carboxylic acids is 1. The number of anilines is 1. The fraction of sp³-hybridized carbons (Fsp3) is 0.500. The van der Waals surface area contributed by atoms with E-state index in [1.165, 1.54) is 5.56 Å². The topological polar surface area (TPSA) is 55.1 Å². The first-order chi connectivity index (χ1) is 8.06. The van der Waals surface area contributed by atoms with Gasteiger partial charge in [-0.15, -0.1) is 12.4 Å². The molecule has 1 aromatic rings. The lowest BCUT2D eigenvalue weighted by atomic mass is 10.1. The Kier molecular flexibility index (Phi) is 5.17. The van der Waals surface area contributed by atoms with Crippen molar-refractivity contribution >= 4 is 24.0 Å². The van der Waals surface area contributed by atoms with Gasteiger partial charge >= 0.3 is 0 Å². The monoisotopic (exact) mass is 268 g/mol. The minimum Gasteiger partial charge on any atom is -0.328 e. The van der Waals surface area contributed by atoms with Gasteiger partial charge in [0.2, 0.25) is 5.91 Å². The van der Waals surface area contributed by atoms with Gasteiger partial charge in [0.1, 0.15) is 0 Å². The molecule has 3 nitrogen and oxygen atoms in total. The molecule has 0 radical (unpaired) electrons. The molecule has 4 heteroatoms. The van der Waals surface area contributed by atoms with Crippen LogP contribution in [0.5, 0.6) is 0 Å². The van der Waals surface area contributed by atoms with E-state index in [0.717, 1.165) is 30.5 Å². The largest absolute Gasteiger partial charge is 0.328 e. The Morgan fingerprint density at radius 3 is 2.61 bits per heavy atom. The molecule has 1 fully saturated rings. The number of amides is 1. The molecule has 1 amide bonds. The normalized spacial score (nSPS) is 22.4. The van der Waals surface area contributed by atoms with Crippen molar-refractivity contribution in [2.45, 2.75) is 39.2 Å². The summed E-state index contributed by atoms with van der Waals surface area (Å²) < 4.78 is 0. The first kappa shape index (κ1) is 15.0. The first-order valence-electron chi connectivity index (χ1n) is 6.20. The van der Waals surface area contributed by atoms with Gasteiger partial charge in [0.25, 0.3) is 0 Å². The molecule has 0 saturated heterocycles. The van der Waals surface area contributed by atoms with Crippen LogP contribution in [0.4, 0.5) is 5.69 Å². The highest BCUT2D eigenvalue weighted by molar-refractivity contribution is 5.93. The maximum absolute atomic E-state index is 12.0. The summed E-state index contributed by atoms with van der Waals surface area (Å²) >= 11 is 0. The van der Waals surface area contributed by atoms with Gasteiger partial charge < -0.3 is 11.1 Å². The van der Waals surface area contributed by atoms with Crippen molar-refractivity contribution in [3.63, 3.8) is 0 Å². The lowest BCUT2D eigenvalue weighted by Gasteiger charge is -2.13. The third-order valence-corrected chi connectivity index (χ3v) is 3.48. The van der Waals surface area contributed by atoms with Gasteiger partial charge in [-0.3, -0.25) is 4.79 Å². The summed E-state index contributed by atoms with van der Waals surface area (Å²) in [6, 6.07) is 6.26. The second kappa shape index (κ2) is 6.21.